The maximum absolute atomic E-state index is 12.5. The standard InChI is InChI=1S/C14H22N2O2S/c1-11-6-5-8-13(11)16-19(17,18)14-9-4-3-7-12(14)10-15-2/h3-4,7,9,11,13,15-16H,5-6,8,10H2,1-2H3. The summed E-state index contributed by atoms with van der Waals surface area (Å²) in [6, 6.07) is 7.24. The van der Waals surface area contributed by atoms with Crippen LogP contribution >= 0.6 is 0 Å². The van der Waals surface area contributed by atoms with Crippen molar-refractivity contribution in [2.75, 3.05) is 7.05 Å². The first-order valence-electron chi connectivity index (χ1n) is 6.79. The van der Waals surface area contributed by atoms with Crippen LogP contribution in [0.5, 0.6) is 0 Å². The van der Waals surface area contributed by atoms with Crippen LogP contribution in [0.4, 0.5) is 0 Å². The molecule has 0 amide bonds. The number of rotatable bonds is 5. The minimum atomic E-state index is -3.42. The molecule has 0 bridgehead atoms. The van der Waals surface area contributed by atoms with Crippen LogP contribution in [-0.4, -0.2) is 21.5 Å². The van der Waals surface area contributed by atoms with E-state index in [9.17, 15) is 8.42 Å². The largest absolute Gasteiger partial charge is 0.316 e. The molecule has 2 unspecified atom stereocenters. The summed E-state index contributed by atoms with van der Waals surface area (Å²) in [6.07, 6.45) is 3.15. The van der Waals surface area contributed by atoms with E-state index in [2.05, 4.69) is 17.0 Å². The lowest BCUT2D eigenvalue weighted by Gasteiger charge is -2.18. The number of hydrogen-bond donors (Lipinski definition) is 2. The van der Waals surface area contributed by atoms with Crippen molar-refractivity contribution in [3.05, 3.63) is 29.8 Å². The van der Waals surface area contributed by atoms with Gasteiger partial charge in [-0.25, -0.2) is 13.1 Å². The molecule has 2 rings (SSSR count). The van der Waals surface area contributed by atoms with Crippen molar-refractivity contribution in [1.82, 2.24) is 10.0 Å². The lowest BCUT2D eigenvalue weighted by atomic mass is 10.1. The van der Waals surface area contributed by atoms with Crippen molar-refractivity contribution in [3.8, 4) is 0 Å². The van der Waals surface area contributed by atoms with Gasteiger partial charge >= 0.3 is 0 Å². The first-order valence-corrected chi connectivity index (χ1v) is 8.28. The fourth-order valence-electron chi connectivity index (χ4n) is 2.69. The van der Waals surface area contributed by atoms with Crippen LogP contribution in [0.3, 0.4) is 0 Å². The minimum Gasteiger partial charge on any atom is -0.316 e. The molecule has 2 atom stereocenters. The monoisotopic (exact) mass is 282 g/mol. The Hall–Kier alpha value is -0.910. The molecule has 0 radical (unpaired) electrons. The van der Waals surface area contributed by atoms with Gasteiger partial charge in [-0.05, 0) is 37.4 Å². The molecule has 0 saturated heterocycles. The highest BCUT2D eigenvalue weighted by Gasteiger charge is 2.29. The van der Waals surface area contributed by atoms with Gasteiger partial charge in [0, 0.05) is 12.6 Å². The van der Waals surface area contributed by atoms with E-state index in [0.29, 0.717) is 17.4 Å². The summed E-state index contributed by atoms with van der Waals surface area (Å²) in [5.74, 6) is 0.422. The van der Waals surface area contributed by atoms with Crippen molar-refractivity contribution < 1.29 is 8.42 Å². The second-order valence-corrected chi connectivity index (χ2v) is 6.96. The molecule has 1 aliphatic rings. The van der Waals surface area contributed by atoms with Gasteiger partial charge < -0.3 is 5.32 Å². The van der Waals surface area contributed by atoms with Gasteiger partial charge in [0.15, 0.2) is 0 Å². The molecule has 1 fully saturated rings. The number of benzene rings is 1. The SMILES string of the molecule is CNCc1ccccc1S(=O)(=O)NC1CCCC1C. The van der Waals surface area contributed by atoms with Gasteiger partial charge in [-0.15, -0.1) is 0 Å². The van der Waals surface area contributed by atoms with E-state index in [1.165, 1.54) is 0 Å². The van der Waals surface area contributed by atoms with Gasteiger partial charge in [-0.2, -0.15) is 0 Å². The lowest BCUT2D eigenvalue weighted by Crippen LogP contribution is -2.37. The Kier molecular flexibility index (Phi) is 4.60. The third kappa shape index (κ3) is 3.35. The quantitative estimate of drug-likeness (QED) is 0.867. The maximum atomic E-state index is 12.5. The Balaban J connectivity index is 2.24. The van der Waals surface area contributed by atoms with Gasteiger partial charge in [-0.3, -0.25) is 0 Å². The molecule has 4 nitrogen and oxygen atoms in total. The van der Waals surface area contributed by atoms with E-state index in [1.807, 2.05) is 19.2 Å². The Morgan fingerprint density at radius 2 is 2.00 bits per heavy atom. The van der Waals surface area contributed by atoms with Crippen LogP contribution in [0.2, 0.25) is 0 Å². The van der Waals surface area contributed by atoms with E-state index in [-0.39, 0.29) is 6.04 Å². The third-order valence-electron chi connectivity index (χ3n) is 3.80. The first kappa shape index (κ1) is 14.5. The van der Waals surface area contributed by atoms with Crippen LogP contribution in [-0.2, 0) is 16.6 Å². The van der Waals surface area contributed by atoms with Crippen molar-refractivity contribution in [2.24, 2.45) is 5.92 Å². The summed E-state index contributed by atoms with van der Waals surface area (Å²) >= 11 is 0. The molecule has 1 saturated carbocycles. The second-order valence-electron chi connectivity index (χ2n) is 5.27. The van der Waals surface area contributed by atoms with Crippen LogP contribution in [0.15, 0.2) is 29.2 Å². The van der Waals surface area contributed by atoms with E-state index < -0.39 is 10.0 Å². The van der Waals surface area contributed by atoms with Crippen molar-refractivity contribution >= 4 is 10.0 Å². The highest BCUT2D eigenvalue weighted by molar-refractivity contribution is 7.89. The van der Waals surface area contributed by atoms with E-state index in [4.69, 9.17) is 0 Å². The predicted molar refractivity (Wildman–Crippen MR) is 76.3 cm³/mol. The normalized spacial score (nSPS) is 23.7. The van der Waals surface area contributed by atoms with Crippen molar-refractivity contribution in [3.63, 3.8) is 0 Å². The Morgan fingerprint density at radius 1 is 1.26 bits per heavy atom. The van der Waals surface area contributed by atoms with E-state index in [0.717, 1.165) is 24.8 Å². The molecule has 0 aliphatic heterocycles. The summed E-state index contributed by atoms with van der Waals surface area (Å²) in [5, 5.41) is 3.01. The lowest BCUT2D eigenvalue weighted by molar-refractivity contribution is 0.476. The zero-order chi connectivity index (χ0) is 13.9. The highest BCUT2D eigenvalue weighted by Crippen LogP contribution is 2.27. The zero-order valence-electron chi connectivity index (χ0n) is 11.5. The maximum Gasteiger partial charge on any atom is 0.241 e. The fourth-order valence-corrected chi connectivity index (χ4v) is 4.30. The molecule has 1 aliphatic carbocycles. The molecule has 1 aromatic carbocycles. The fraction of sp³-hybridized carbons (Fsp3) is 0.571. The highest BCUT2D eigenvalue weighted by atomic mass is 32.2. The molecule has 2 N–H and O–H groups in total. The molecule has 0 spiro atoms. The van der Waals surface area contributed by atoms with Crippen molar-refractivity contribution in [1.29, 1.82) is 0 Å². The van der Waals surface area contributed by atoms with Gasteiger partial charge in [-0.1, -0.05) is 31.5 Å². The Labute approximate surface area is 115 Å². The molecule has 1 aromatic rings. The average molecular weight is 282 g/mol. The van der Waals surface area contributed by atoms with Crippen LogP contribution in [0.25, 0.3) is 0 Å². The summed E-state index contributed by atoms with van der Waals surface area (Å²) in [5.41, 5.74) is 0.808. The predicted octanol–water partition coefficient (Wildman–Crippen LogP) is 1.87. The van der Waals surface area contributed by atoms with Crippen LogP contribution in [0.1, 0.15) is 31.7 Å². The van der Waals surface area contributed by atoms with Gasteiger partial charge in [0.25, 0.3) is 0 Å². The van der Waals surface area contributed by atoms with Gasteiger partial charge in [0.2, 0.25) is 10.0 Å². The summed E-state index contributed by atoms with van der Waals surface area (Å²) in [6.45, 7) is 2.66. The Morgan fingerprint density at radius 3 is 2.63 bits per heavy atom. The molecule has 0 aromatic heterocycles. The molecular weight excluding hydrogens is 260 g/mol. The summed E-state index contributed by atoms with van der Waals surface area (Å²) < 4.78 is 27.8. The smallest absolute Gasteiger partial charge is 0.241 e. The van der Waals surface area contributed by atoms with Crippen LogP contribution < -0.4 is 10.0 Å². The first-order chi connectivity index (χ1) is 9.04. The number of sulfonamides is 1. The average Bonchev–Trinajstić information content (AvgIpc) is 2.75. The van der Waals surface area contributed by atoms with E-state index >= 15 is 0 Å². The zero-order valence-corrected chi connectivity index (χ0v) is 12.3. The molecule has 0 heterocycles. The van der Waals surface area contributed by atoms with Gasteiger partial charge in [0.05, 0.1) is 4.90 Å². The summed E-state index contributed by atoms with van der Waals surface area (Å²) in [4.78, 5) is 0.392. The molecule has 106 valence electrons. The van der Waals surface area contributed by atoms with Gasteiger partial charge in [0.1, 0.15) is 0 Å². The van der Waals surface area contributed by atoms with Crippen molar-refractivity contribution in [2.45, 2.75) is 43.7 Å². The minimum absolute atomic E-state index is 0.0765. The third-order valence-corrected chi connectivity index (χ3v) is 5.39. The second kappa shape index (κ2) is 6.03. The Bertz CT molecular complexity index is 528. The topological polar surface area (TPSA) is 58.2 Å². The number of hydrogen-bond acceptors (Lipinski definition) is 3. The summed E-state index contributed by atoms with van der Waals surface area (Å²) in [7, 11) is -1.60. The molecule has 5 heteroatoms. The van der Waals surface area contributed by atoms with E-state index in [1.54, 1.807) is 12.1 Å². The van der Waals surface area contributed by atoms with Crippen LogP contribution in [0, 0.1) is 5.92 Å². The molecular formula is C14H22N2O2S. The number of nitrogens with one attached hydrogen (secondary N) is 2. The molecule has 19 heavy (non-hydrogen) atoms.